The molecule has 0 amide bonds. The Hall–Kier alpha value is -0.880. The van der Waals surface area contributed by atoms with E-state index in [0.717, 1.165) is 48.7 Å². The van der Waals surface area contributed by atoms with Crippen LogP contribution >= 0.6 is 15.9 Å². The van der Waals surface area contributed by atoms with Gasteiger partial charge < -0.3 is 10.2 Å². The normalized spacial score (nSPS) is 22.9. The molecule has 2 aliphatic rings. The zero-order valence-electron chi connectivity index (χ0n) is 12.0. The predicted octanol–water partition coefficient (Wildman–Crippen LogP) is 2.35. The van der Waals surface area contributed by atoms with Crippen LogP contribution in [0.15, 0.2) is 10.8 Å². The molecule has 0 aliphatic carbocycles. The molecule has 6 heteroatoms. The molecular weight excluding hydrogens is 318 g/mol. The van der Waals surface area contributed by atoms with E-state index in [1.54, 1.807) is 6.33 Å². The highest BCUT2D eigenvalue weighted by Crippen LogP contribution is 2.32. The second kappa shape index (κ2) is 6.26. The summed E-state index contributed by atoms with van der Waals surface area (Å²) in [6.07, 6.45) is 5.42. The molecule has 0 saturated carbocycles. The molecule has 0 radical (unpaired) electrons. The van der Waals surface area contributed by atoms with Crippen molar-refractivity contribution in [3.05, 3.63) is 10.8 Å². The molecule has 1 aromatic heterocycles. The van der Waals surface area contributed by atoms with E-state index in [0.29, 0.717) is 6.04 Å². The summed E-state index contributed by atoms with van der Waals surface area (Å²) in [6.45, 7) is 7.65. The van der Waals surface area contributed by atoms with Gasteiger partial charge in [-0.3, -0.25) is 4.90 Å². The zero-order chi connectivity index (χ0) is 13.9. The largest absolute Gasteiger partial charge is 0.369 e. The van der Waals surface area contributed by atoms with Crippen LogP contribution in [0.5, 0.6) is 0 Å². The maximum atomic E-state index is 4.49. The predicted molar refractivity (Wildman–Crippen MR) is 85.3 cm³/mol. The van der Waals surface area contributed by atoms with Crippen LogP contribution in [0.3, 0.4) is 0 Å². The molecule has 0 aromatic carbocycles. The first kappa shape index (κ1) is 14.1. The number of anilines is 2. The smallest absolute Gasteiger partial charge is 0.148 e. The van der Waals surface area contributed by atoms with Crippen molar-refractivity contribution in [3.8, 4) is 0 Å². The van der Waals surface area contributed by atoms with Gasteiger partial charge in [0.05, 0.1) is 0 Å². The summed E-state index contributed by atoms with van der Waals surface area (Å²) in [7, 11) is 0. The van der Waals surface area contributed by atoms with Crippen molar-refractivity contribution in [2.45, 2.75) is 32.2 Å². The van der Waals surface area contributed by atoms with E-state index in [9.17, 15) is 0 Å². The van der Waals surface area contributed by atoms with E-state index in [-0.39, 0.29) is 0 Å². The van der Waals surface area contributed by atoms with E-state index in [4.69, 9.17) is 0 Å². The molecule has 1 aromatic rings. The minimum atomic E-state index is 0.706. The molecule has 3 rings (SSSR count). The molecule has 2 saturated heterocycles. The Labute approximate surface area is 128 Å². The number of nitrogens with zero attached hydrogens (tertiary/aromatic N) is 4. The van der Waals surface area contributed by atoms with Gasteiger partial charge in [-0.15, -0.1) is 0 Å². The summed E-state index contributed by atoms with van der Waals surface area (Å²) < 4.78 is 1.000. The zero-order valence-corrected chi connectivity index (χ0v) is 13.6. The van der Waals surface area contributed by atoms with Crippen LogP contribution in [0.1, 0.15) is 26.2 Å². The second-order valence-electron chi connectivity index (χ2n) is 5.56. The first-order valence-corrected chi connectivity index (χ1v) is 8.32. The van der Waals surface area contributed by atoms with E-state index in [2.05, 4.69) is 47.9 Å². The summed E-state index contributed by atoms with van der Waals surface area (Å²) in [5, 5.41) is 3.35. The van der Waals surface area contributed by atoms with Gasteiger partial charge in [0.25, 0.3) is 0 Å². The molecule has 2 fully saturated rings. The van der Waals surface area contributed by atoms with Crippen LogP contribution in [0.2, 0.25) is 0 Å². The number of aromatic nitrogens is 2. The third-order valence-corrected chi connectivity index (χ3v) is 4.93. The minimum Gasteiger partial charge on any atom is -0.369 e. The van der Waals surface area contributed by atoms with E-state index in [1.165, 1.54) is 19.4 Å². The van der Waals surface area contributed by atoms with Crippen molar-refractivity contribution >= 4 is 27.6 Å². The summed E-state index contributed by atoms with van der Waals surface area (Å²) in [6, 6.07) is 0.706. The van der Waals surface area contributed by atoms with Gasteiger partial charge in [-0.25, -0.2) is 9.97 Å². The lowest BCUT2D eigenvalue weighted by atomic mass is 10.1. The van der Waals surface area contributed by atoms with E-state index < -0.39 is 0 Å². The monoisotopic (exact) mass is 339 g/mol. The van der Waals surface area contributed by atoms with Crippen LogP contribution in [0.25, 0.3) is 0 Å². The fraction of sp³-hybridized carbons (Fsp3) is 0.714. The van der Waals surface area contributed by atoms with Gasteiger partial charge in [-0.1, -0.05) is 6.92 Å². The second-order valence-corrected chi connectivity index (χ2v) is 6.36. The SMILES string of the molecule is CCCNc1ncnc(N2CCN3CCCC3C2)c1Br. The van der Waals surface area contributed by atoms with Gasteiger partial charge >= 0.3 is 0 Å². The van der Waals surface area contributed by atoms with Gasteiger partial charge in [0.15, 0.2) is 0 Å². The Morgan fingerprint density at radius 3 is 3.10 bits per heavy atom. The van der Waals surface area contributed by atoms with Crippen molar-refractivity contribution in [2.75, 3.05) is 42.9 Å². The Bertz CT molecular complexity index is 467. The average Bonchev–Trinajstić information content (AvgIpc) is 2.93. The molecular formula is C14H22BrN5. The lowest BCUT2D eigenvalue weighted by molar-refractivity contribution is 0.230. The number of nitrogens with one attached hydrogen (secondary N) is 1. The van der Waals surface area contributed by atoms with Crippen molar-refractivity contribution in [1.82, 2.24) is 14.9 Å². The molecule has 2 aliphatic heterocycles. The Kier molecular flexibility index (Phi) is 4.41. The number of piperazine rings is 1. The molecule has 0 spiro atoms. The number of fused-ring (bicyclic) bond motifs is 1. The molecule has 20 heavy (non-hydrogen) atoms. The van der Waals surface area contributed by atoms with E-state index >= 15 is 0 Å². The Morgan fingerprint density at radius 2 is 2.25 bits per heavy atom. The first-order valence-electron chi connectivity index (χ1n) is 7.53. The molecule has 3 heterocycles. The minimum absolute atomic E-state index is 0.706. The number of hydrogen-bond donors (Lipinski definition) is 1. The van der Waals surface area contributed by atoms with Crippen molar-refractivity contribution in [3.63, 3.8) is 0 Å². The Balaban J connectivity index is 1.76. The Morgan fingerprint density at radius 1 is 1.35 bits per heavy atom. The maximum absolute atomic E-state index is 4.49. The maximum Gasteiger partial charge on any atom is 0.148 e. The van der Waals surface area contributed by atoms with E-state index in [1.807, 2.05) is 0 Å². The van der Waals surface area contributed by atoms with Crippen molar-refractivity contribution < 1.29 is 0 Å². The standard InChI is InChI=1S/C14H22BrN5/c1-2-5-16-13-12(15)14(18-10-17-13)20-8-7-19-6-3-4-11(19)9-20/h10-11H,2-9H2,1H3,(H,16,17,18). The quantitative estimate of drug-likeness (QED) is 0.912. The van der Waals surface area contributed by atoms with Gasteiger partial charge in [0, 0.05) is 32.2 Å². The molecule has 1 N–H and O–H groups in total. The topological polar surface area (TPSA) is 44.3 Å². The van der Waals surface area contributed by atoms with Gasteiger partial charge in [0.1, 0.15) is 22.4 Å². The number of rotatable bonds is 4. The van der Waals surface area contributed by atoms with Crippen LogP contribution < -0.4 is 10.2 Å². The first-order chi connectivity index (χ1) is 9.79. The van der Waals surface area contributed by atoms with Crippen LogP contribution in [-0.4, -0.2) is 53.6 Å². The van der Waals surface area contributed by atoms with Gasteiger partial charge in [0.2, 0.25) is 0 Å². The highest BCUT2D eigenvalue weighted by Gasteiger charge is 2.31. The highest BCUT2D eigenvalue weighted by atomic mass is 79.9. The summed E-state index contributed by atoms with van der Waals surface area (Å²) in [4.78, 5) is 13.8. The fourth-order valence-corrected chi connectivity index (χ4v) is 3.73. The number of halogens is 1. The van der Waals surface area contributed by atoms with Crippen LogP contribution in [0.4, 0.5) is 11.6 Å². The lowest BCUT2D eigenvalue weighted by Crippen LogP contribution is -2.50. The third kappa shape index (κ3) is 2.76. The molecule has 1 unspecified atom stereocenters. The average molecular weight is 340 g/mol. The summed E-state index contributed by atoms with van der Waals surface area (Å²) >= 11 is 3.68. The lowest BCUT2D eigenvalue weighted by Gasteiger charge is -2.38. The number of hydrogen-bond acceptors (Lipinski definition) is 5. The molecule has 0 bridgehead atoms. The van der Waals surface area contributed by atoms with Gasteiger partial charge in [-0.2, -0.15) is 0 Å². The van der Waals surface area contributed by atoms with Crippen LogP contribution in [0, 0.1) is 0 Å². The van der Waals surface area contributed by atoms with Crippen LogP contribution in [-0.2, 0) is 0 Å². The van der Waals surface area contributed by atoms with Crippen molar-refractivity contribution in [1.29, 1.82) is 0 Å². The third-order valence-electron chi connectivity index (χ3n) is 4.20. The molecule has 5 nitrogen and oxygen atoms in total. The van der Waals surface area contributed by atoms with Crippen molar-refractivity contribution in [2.24, 2.45) is 0 Å². The highest BCUT2D eigenvalue weighted by molar-refractivity contribution is 9.10. The summed E-state index contributed by atoms with van der Waals surface area (Å²) in [5.74, 6) is 1.94. The molecule has 110 valence electrons. The van der Waals surface area contributed by atoms with Gasteiger partial charge in [-0.05, 0) is 41.7 Å². The molecule has 1 atom stereocenters. The fourth-order valence-electron chi connectivity index (χ4n) is 3.13. The summed E-state index contributed by atoms with van der Waals surface area (Å²) in [5.41, 5.74) is 0.